The van der Waals surface area contributed by atoms with Gasteiger partial charge in [0.05, 0.1) is 36.6 Å². The van der Waals surface area contributed by atoms with Crippen molar-refractivity contribution in [3.63, 3.8) is 0 Å². The molecule has 0 saturated carbocycles. The monoisotopic (exact) mass is 381 g/mol. The molecule has 1 aromatic heterocycles. The Hall–Kier alpha value is -3.06. The van der Waals surface area contributed by atoms with Gasteiger partial charge in [-0.05, 0) is 24.3 Å². The summed E-state index contributed by atoms with van der Waals surface area (Å²) in [5, 5.41) is 19.7. The molecule has 0 fully saturated rings. The first-order valence-corrected chi connectivity index (χ1v) is 9.25. The van der Waals surface area contributed by atoms with Crippen LogP contribution in [0.25, 0.3) is 15.8 Å². The number of methoxy groups -OCH3 is 2. The predicted octanol–water partition coefficient (Wildman–Crippen LogP) is 4.08. The van der Waals surface area contributed by atoms with Crippen LogP contribution in [0.5, 0.6) is 11.5 Å². The van der Waals surface area contributed by atoms with Crippen molar-refractivity contribution >= 4 is 33.0 Å². The molecule has 0 unspecified atom stereocenters. The summed E-state index contributed by atoms with van der Waals surface area (Å²) in [5.74, 6) is 1.84. The van der Waals surface area contributed by atoms with Gasteiger partial charge in [0.15, 0.2) is 0 Å². The highest BCUT2D eigenvalue weighted by molar-refractivity contribution is 7.19. The molecule has 2 aromatic carbocycles. The Morgan fingerprint density at radius 3 is 2.74 bits per heavy atom. The summed E-state index contributed by atoms with van der Waals surface area (Å²) in [6, 6.07) is 13.4. The van der Waals surface area contributed by atoms with Crippen LogP contribution in [-0.2, 0) is 6.54 Å². The molecule has 0 aliphatic carbocycles. The highest BCUT2D eigenvalue weighted by atomic mass is 32.1. The van der Waals surface area contributed by atoms with Gasteiger partial charge in [-0.3, -0.25) is 5.41 Å². The second-order valence-corrected chi connectivity index (χ2v) is 7.22. The maximum atomic E-state index is 10.5. The van der Waals surface area contributed by atoms with E-state index < -0.39 is 0 Å². The van der Waals surface area contributed by atoms with Crippen molar-refractivity contribution in [3.8, 4) is 11.5 Å². The van der Waals surface area contributed by atoms with Crippen molar-refractivity contribution in [2.75, 3.05) is 20.8 Å². The van der Waals surface area contributed by atoms with E-state index in [1.165, 1.54) is 11.3 Å². The van der Waals surface area contributed by atoms with E-state index in [1.54, 1.807) is 19.1 Å². The maximum absolute atomic E-state index is 10.5. The normalized spacial score (nSPS) is 14.3. The van der Waals surface area contributed by atoms with Crippen molar-refractivity contribution in [2.24, 2.45) is 0 Å². The minimum atomic E-state index is 0.173. The number of nitrogens with one attached hydrogen (secondary N) is 1. The number of aliphatic hydroxyl groups is 1. The molecule has 27 heavy (non-hydrogen) atoms. The number of nitrogens with zero attached hydrogens (tertiary/aromatic N) is 2. The lowest BCUT2D eigenvalue weighted by atomic mass is 10.1. The van der Waals surface area contributed by atoms with E-state index in [4.69, 9.17) is 14.9 Å². The van der Waals surface area contributed by atoms with Crippen LogP contribution in [0.4, 0.5) is 0 Å². The van der Waals surface area contributed by atoms with Crippen LogP contribution in [-0.4, -0.2) is 41.6 Å². The van der Waals surface area contributed by atoms with E-state index >= 15 is 0 Å². The van der Waals surface area contributed by atoms with Crippen LogP contribution in [0, 0.1) is 5.41 Å². The molecule has 0 saturated heterocycles. The summed E-state index contributed by atoms with van der Waals surface area (Å²) in [4.78, 5) is 6.39. The average molecular weight is 381 g/mol. The minimum Gasteiger partial charge on any atom is -0.510 e. The molecule has 138 valence electrons. The molecule has 0 spiro atoms. The lowest BCUT2D eigenvalue weighted by Gasteiger charge is -2.20. The van der Waals surface area contributed by atoms with E-state index in [9.17, 15) is 5.11 Å². The molecule has 0 radical (unpaired) electrons. The van der Waals surface area contributed by atoms with Crippen molar-refractivity contribution in [1.29, 1.82) is 5.41 Å². The topological polar surface area (TPSA) is 78.7 Å². The van der Waals surface area contributed by atoms with Crippen LogP contribution in [0.15, 0.2) is 48.2 Å². The van der Waals surface area contributed by atoms with Gasteiger partial charge in [0, 0.05) is 18.2 Å². The molecular weight excluding hydrogens is 362 g/mol. The molecule has 2 N–H and O–H groups in total. The molecule has 1 aliphatic rings. The van der Waals surface area contributed by atoms with Gasteiger partial charge in [-0.1, -0.05) is 12.1 Å². The van der Waals surface area contributed by atoms with Gasteiger partial charge >= 0.3 is 0 Å². The van der Waals surface area contributed by atoms with Gasteiger partial charge in [0.2, 0.25) is 0 Å². The highest BCUT2D eigenvalue weighted by Gasteiger charge is 2.31. The fourth-order valence-corrected chi connectivity index (χ4v) is 4.19. The summed E-state index contributed by atoms with van der Waals surface area (Å²) >= 11 is 1.49. The zero-order valence-electron chi connectivity index (χ0n) is 15.0. The molecule has 0 amide bonds. The summed E-state index contributed by atoms with van der Waals surface area (Å²) < 4.78 is 11.7. The smallest absolute Gasteiger partial charge is 0.135 e. The third-order valence-corrected chi connectivity index (χ3v) is 5.60. The number of benzene rings is 2. The molecule has 3 aromatic rings. The lowest BCUT2D eigenvalue weighted by Crippen LogP contribution is -2.26. The van der Waals surface area contributed by atoms with Crippen LogP contribution in [0.1, 0.15) is 10.6 Å². The predicted molar refractivity (Wildman–Crippen MR) is 107 cm³/mol. The number of hydrogen-bond donors (Lipinski definition) is 2. The van der Waals surface area contributed by atoms with E-state index in [1.807, 2.05) is 42.5 Å². The van der Waals surface area contributed by atoms with E-state index in [0.29, 0.717) is 28.6 Å². The molecule has 7 heteroatoms. The first kappa shape index (κ1) is 17.4. The van der Waals surface area contributed by atoms with Gasteiger partial charge in [-0.25, -0.2) is 4.98 Å². The molecule has 0 atom stereocenters. The Balaban J connectivity index is 1.60. The fraction of sp³-hybridized carbons (Fsp3) is 0.200. The first-order valence-electron chi connectivity index (χ1n) is 8.43. The van der Waals surface area contributed by atoms with E-state index in [-0.39, 0.29) is 18.1 Å². The standard InChI is InChI=1S/C20H19N3O3S/c1-25-13-8-7-12(16(9-13)26-2)10-23-11-15(24)18(19(23)21)20-22-14-5-3-4-6-17(14)27-20/h3-9,21,24H,10-11H2,1-2H3. The van der Waals surface area contributed by atoms with Crippen molar-refractivity contribution < 1.29 is 14.6 Å². The number of amidine groups is 1. The second kappa shape index (κ2) is 6.92. The Kier molecular flexibility index (Phi) is 4.45. The molecule has 4 rings (SSSR count). The number of aliphatic hydroxyl groups excluding tert-OH is 1. The zero-order chi connectivity index (χ0) is 19.0. The fourth-order valence-electron chi connectivity index (χ4n) is 3.16. The van der Waals surface area contributed by atoms with Gasteiger partial charge in [0.1, 0.15) is 28.1 Å². The summed E-state index contributed by atoms with van der Waals surface area (Å²) in [6.07, 6.45) is 0. The quantitative estimate of drug-likeness (QED) is 0.696. The number of rotatable bonds is 5. The third kappa shape index (κ3) is 3.10. The average Bonchev–Trinajstić information content (AvgIpc) is 3.22. The lowest BCUT2D eigenvalue weighted by molar-refractivity contribution is 0.340. The summed E-state index contributed by atoms with van der Waals surface area (Å²) in [5.41, 5.74) is 2.30. The second-order valence-electron chi connectivity index (χ2n) is 6.19. The number of thiazole rings is 1. The van der Waals surface area contributed by atoms with Crippen molar-refractivity contribution in [2.45, 2.75) is 6.54 Å². The third-order valence-electron chi connectivity index (χ3n) is 4.55. The van der Waals surface area contributed by atoms with Crippen LogP contribution < -0.4 is 9.47 Å². The van der Waals surface area contributed by atoms with Crippen LogP contribution in [0.2, 0.25) is 0 Å². The number of para-hydroxylation sites is 1. The van der Waals surface area contributed by atoms with Crippen LogP contribution >= 0.6 is 11.3 Å². The zero-order valence-corrected chi connectivity index (χ0v) is 15.8. The number of ether oxygens (including phenoxy) is 2. The van der Waals surface area contributed by atoms with Crippen LogP contribution in [0.3, 0.4) is 0 Å². The van der Waals surface area contributed by atoms with Crippen molar-refractivity contribution in [3.05, 3.63) is 58.8 Å². The Morgan fingerprint density at radius 2 is 2.00 bits per heavy atom. The molecular formula is C20H19N3O3S. The molecule has 6 nitrogen and oxygen atoms in total. The van der Waals surface area contributed by atoms with E-state index in [0.717, 1.165) is 15.8 Å². The number of hydrogen-bond acceptors (Lipinski definition) is 6. The SMILES string of the molecule is COc1ccc(CN2CC(O)=C(c3nc4ccccc4s3)C2=N)c(OC)c1. The highest BCUT2D eigenvalue weighted by Crippen LogP contribution is 2.34. The van der Waals surface area contributed by atoms with Gasteiger partial charge in [-0.15, -0.1) is 11.3 Å². The van der Waals surface area contributed by atoms with Gasteiger partial charge < -0.3 is 19.5 Å². The van der Waals surface area contributed by atoms with E-state index in [2.05, 4.69) is 4.98 Å². The largest absolute Gasteiger partial charge is 0.510 e. The van der Waals surface area contributed by atoms with Crippen molar-refractivity contribution in [1.82, 2.24) is 9.88 Å². The first-order chi connectivity index (χ1) is 13.1. The minimum absolute atomic E-state index is 0.173. The molecule has 0 bridgehead atoms. The number of aromatic nitrogens is 1. The molecule has 2 heterocycles. The van der Waals surface area contributed by atoms with Gasteiger partial charge in [-0.2, -0.15) is 0 Å². The Labute approximate surface area is 160 Å². The Morgan fingerprint density at radius 1 is 1.19 bits per heavy atom. The molecule has 1 aliphatic heterocycles. The Bertz CT molecular complexity index is 1020. The number of fused-ring (bicyclic) bond motifs is 1. The summed E-state index contributed by atoms with van der Waals surface area (Å²) in [7, 11) is 3.21. The summed E-state index contributed by atoms with van der Waals surface area (Å²) in [6.45, 7) is 0.726. The van der Waals surface area contributed by atoms with Gasteiger partial charge in [0.25, 0.3) is 0 Å². The maximum Gasteiger partial charge on any atom is 0.135 e.